The first-order valence-electron chi connectivity index (χ1n) is 19.8. The van der Waals surface area contributed by atoms with E-state index in [4.69, 9.17) is 28.8 Å². The molecule has 10 N–H and O–H groups in total. The zero-order valence-electron chi connectivity index (χ0n) is 33.1. The lowest BCUT2D eigenvalue weighted by Crippen LogP contribution is -2.62. The normalized spacial score (nSPS) is 15.8. The monoisotopic (exact) mass is 802 g/mol. The molecule has 0 bridgehead atoms. The molecular weight excluding hydrogens is 744 g/mol. The van der Waals surface area contributed by atoms with Crippen LogP contribution in [0.15, 0.2) is 84.9 Å². The van der Waals surface area contributed by atoms with Gasteiger partial charge in [-0.25, -0.2) is 0 Å². The number of rotatable bonds is 20. The van der Waals surface area contributed by atoms with Crippen LogP contribution in [0.4, 0.5) is 0 Å². The molecule has 57 heavy (non-hydrogen) atoms. The molecule has 0 unspecified atom stereocenters. The number of nitrogens with one attached hydrogen (secondary N) is 4. The molecule has 13 nitrogen and oxygen atoms in total. The number of nitrogens with zero attached hydrogens (tertiary/aromatic N) is 1. The van der Waals surface area contributed by atoms with Crippen LogP contribution in [-0.2, 0) is 43.4 Å². The second-order valence-corrected chi connectivity index (χ2v) is 15.8. The maximum atomic E-state index is 14.1. The van der Waals surface area contributed by atoms with Gasteiger partial charge in [0, 0.05) is 31.1 Å². The summed E-state index contributed by atoms with van der Waals surface area (Å²) in [6, 6.07) is 22.0. The van der Waals surface area contributed by atoms with Crippen LogP contribution in [0.3, 0.4) is 0 Å². The third-order valence-corrected chi connectivity index (χ3v) is 10.5. The number of likely N-dealkylation sites (tertiary alicyclic amines) is 1. The largest absolute Gasteiger partial charge is 0.350 e. The highest BCUT2D eigenvalue weighted by Gasteiger charge is 2.40. The Bertz CT molecular complexity index is 1750. The summed E-state index contributed by atoms with van der Waals surface area (Å²) in [5.74, 6) is -2.15. The Kier molecular flexibility index (Phi) is 17.5. The van der Waals surface area contributed by atoms with E-state index in [9.17, 15) is 24.0 Å². The van der Waals surface area contributed by atoms with E-state index in [1.54, 1.807) is 17.0 Å². The fraction of sp³-hybridized carbons (Fsp3) is 0.465. The van der Waals surface area contributed by atoms with E-state index < -0.39 is 47.4 Å². The van der Waals surface area contributed by atoms with E-state index in [-0.39, 0.29) is 62.9 Å². The molecule has 0 radical (unpaired) electrons. The summed E-state index contributed by atoms with van der Waals surface area (Å²) in [6.45, 7) is 5.04. The smallest absolute Gasteiger partial charge is 0.245 e. The molecule has 308 valence electrons. The second-order valence-electron chi connectivity index (χ2n) is 15.4. The molecule has 1 heterocycles. The molecule has 3 aromatic rings. The zero-order valence-corrected chi connectivity index (χ0v) is 33.8. The van der Waals surface area contributed by atoms with Crippen molar-refractivity contribution < 1.29 is 24.0 Å². The summed E-state index contributed by atoms with van der Waals surface area (Å²) in [4.78, 5) is 70.2. The zero-order chi connectivity index (χ0) is 41.4. The first kappa shape index (κ1) is 44.9. The third kappa shape index (κ3) is 14.3. The van der Waals surface area contributed by atoms with E-state index in [0.29, 0.717) is 37.4 Å². The SMILES string of the molecule is CC(C)C[C@@H](NC(=O)[C@@H](Cc1ccccc1)NC(=O)[C@H](N)Cc1ccccc1)C(=O)N[C@H](CCCCN)C(=O)N1CCC(N)(C(=O)NCc2ccc(Cl)cc2)CC1. The highest BCUT2D eigenvalue weighted by molar-refractivity contribution is 6.30. The predicted octanol–water partition coefficient (Wildman–Crippen LogP) is 2.72. The summed E-state index contributed by atoms with van der Waals surface area (Å²) < 4.78 is 0. The van der Waals surface area contributed by atoms with Gasteiger partial charge >= 0.3 is 0 Å². The summed E-state index contributed by atoms with van der Waals surface area (Å²) in [5.41, 5.74) is 20.0. The number of carbonyl (C=O) groups excluding carboxylic acids is 5. The van der Waals surface area contributed by atoms with Crippen LogP contribution in [0.1, 0.15) is 69.1 Å². The molecule has 0 saturated carbocycles. The molecule has 1 aliphatic rings. The van der Waals surface area contributed by atoms with Crippen LogP contribution in [0, 0.1) is 5.92 Å². The van der Waals surface area contributed by atoms with Crippen LogP contribution in [0.25, 0.3) is 0 Å². The van der Waals surface area contributed by atoms with E-state index in [0.717, 1.165) is 16.7 Å². The van der Waals surface area contributed by atoms with Gasteiger partial charge in [0.2, 0.25) is 29.5 Å². The predicted molar refractivity (Wildman–Crippen MR) is 222 cm³/mol. The maximum absolute atomic E-state index is 14.1. The summed E-state index contributed by atoms with van der Waals surface area (Å²) in [6.07, 6.45) is 2.79. The number of carbonyl (C=O) groups is 5. The van der Waals surface area contributed by atoms with E-state index in [1.807, 2.05) is 86.6 Å². The fourth-order valence-corrected chi connectivity index (χ4v) is 6.96. The Labute approximate surface area is 341 Å². The van der Waals surface area contributed by atoms with Crippen molar-refractivity contribution in [2.45, 2.75) is 101 Å². The average molecular weight is 803 g/mol. The number of hydrogen-bond donors (Lipinski definition) is 7. The molecule has 14 heteroatoms. The molecule has 0 aromatic heterocycles. The van der Waals surface area contributed by atoms with Crippen LogP contribution in [0.2, 0.25) is 5.02 Å². The first-order chi connectivity index (χ1) is 27.3. The number of hydrogen-bond acceptors (Lipinski definition) is 8. The van der Waals surface area contributed by atoms with Gasteiger partial charge in [0.1, 0.15) is 18.1 Å². The van der Waals surface area contributed by atoms with Gasteiger partial charge in [-0.2, -0.15) is 0 Å². The highest BCUT2D eigenvalue weighted by Crippen LogP contribution is 2.22. The second kappa shape index (κ2) is 22.2. The van der Waals surface area contributed by atoms with Gasteiger partial charge in [-0.1, -0.05) is 98.2 Å². The van der Waals surface area contributed by atoms with Crippen LogP contribution >= 0.6 is 11.6 Å². The van der Waals surface area contributed by atoms with Crippen molar-refractivity contribution >= 4 is 41.1 Å². The van der Waals surface area contributed by atoms with Crippen molar-refractivity contribution in [3.63, 3.8) is 0 Å². The summed E-state index contributed by atoms with van der Waals surface area (Å²) >= 11 is 5.98. The summed E-state index contributed by atoms with van der Waals surface area (Å²) in [5, 5.41) is 12.1. The minimum atomic E-state index is -1.16. The van der Waals surface area contributed by atoms with E-state index in [2.05, 4.69) is 21.3 Å². The molecule has 4 atom stereocenters. The Balaban J connectivity index is 1.43. The van der Waals surface area contributed by atoms with E-state index >= 15 is 0 Å². The molecule has 3 aromatic carbocycles. The summed E-state index contributed by atoms with van der Waals surface area (Å²) in [7, 11) is 0. The van der Waals surface area contributed by atoms with Gasteiger partial charge in [0.15, 0.2) is 0 Å². The number of benzene rings is 3. The molecule has 0 aliphatic carbocycles. The molecule has 0 spiro atoms. The molecule has 4 rings (SSSR count). The van der Waals surface area contributed by atoms with Gasteiger partial charge in [-0.05, 0) is 86.2 Å². The Morgan fingerprint density at radius 1 is 0.719 bits per heavy atom. The number of nitrogens with two attached hydrogens (primary N) is 3. The number of amides is 5. The fourth-order valence-electron chi connectivity index (χ4n) is 6.83. The number of halogens is 1. The van der Waals surface area contributed by atoms with Crippen LogP contribution < -0.4 is 38.5 Å². The van der Waals surface area contributed by atoms with Crippen molar-refractivity contribution in [3.05, 3.63) is 107 Å². The van der Waals surface area contributed by atoms with Crippen molar-refractivity contribution in [1.82, 2.24) is 26.2 Å². The molecule has 1 fully saturated rings. The minimum Gasteiger partial charge on any atom is -0.350 e. The van der Waals surface area contributed by atoms with Crippen LogP contribution in [0.5, 0.6) is 0 Å². The lowest BCUT2D eigenvalue weighted by Gasteiger charge is -2.39. The Morgan fingerprint density at radius 3 is 1.84 bits per heavy atom. The standard InChI is InChI=1S/C43H59ClN8O5/c1-29(2)25-36(51-40(55)37(27-31-13-7-4-8-14-31)50-38(53)34(46)26-30-11-5-3-6-12-30)39(54)49-35(15-9-10-22-45)41(56)52-23-20-43(47,21-24-52)42(57)48-28-32-16-18-33(44)19-17-32/h3-8,11-14,16-19,29,34-37H,9-10,15,20-28,45-47H2,1-2H3,(H,48,57)(H,49,54)(H,50,53)(H,51,55)/t34-,35-,36-,37-/m1/s1. The minimum absolute atomic E-state index is 0.000453. The van der Waals surface area contributed by atoms with E-state index in [1.165, 1.54) is 0 Å². The van der Waals surface area contributed by atoms with Gasteiger partial charge in [-0.15, -0.1) is 0 Å². The molecule has 1 saturated heterocycles. The number of piperidine rings is 1. The average Bonchev–Trinajstić information content (AvgIpc) is 3.20. The van der Waals surface area contributed by atoms with Gasteiger partial charge in [-0.3, -0.25) is 24.0 Å². The highest BCUT2D eigenvalue weighted by atomic mass is 35.5. The quantitative estimate of drug-likeness (QED) is 0.0842. The first-order valence-corrected chi connectivity index (χ1v) is 20.2. The molecular formula is C43H59ClN8O5. The van der Waals surface area contributed by atoms with Crippen molar-refractivity contribution in [2.75, 3.05) is 19.6 Å². The Hall–Kier alpha value is -4.82. The lowest BCUT2D eigenvalue weighted by molar-refractivity contribution is -0.140. The Morgan fingerprint density at radius 2 is 1.26 bits per heavy atom. The molecule has 5 amide bonds. The molecule has 1 aliphatic heterocycles. The maximum Gasteiger partial charge on any atom is 0.245 e. The van der Waals surface area contributed by atoms with Crippen molar-refractivity contribution in [1.29, 1.82) is 0 Å². The third-order valence-electron chi connectivity index (χ3n) is 10.2. The van der Waals surface area contributed by atoms with Gasteiger partial charge in [0.25, 0.3) is 0 Å². The van der Waals surface area contributed by atoms with Crippen molar-refractivity contribution in [2.24, 2.45) is 23.1 Å². The van der Waals surface area contributed by atoms with Crippen molar-refractivity contribution in [3.8, 4) is 0 Å². The lowest BCUT2D eigenvalue weighted by atomic mass is 9.87. The topological polar surface area (TPSA) is 215 Å². The number of unbranched alkanes of at least 4 members (excludes halogenated alkanes) is 1. The van der Waals surface area contributed by atoms with Crippen LogP contribution in [-0.4, -0.2) is 83.8 Å². The van der Waals surface area contributed by atoms with Gasteiger partial charge in [0.05, 0.1) is 11.6 Å². The van der Waals surface area contributed by atoms with Gasteiger partial charge < -0.3 is 43.4 Å².